The lowest BCUT2D eigenvalue weighted by Gasteiger charge is -2.24. The maximum Gasteiger partial charge on any atom is 0.246 e. The van der Waals surface area contributed by atoms with Crippen LogP contribution < -0.4 is 10.1 Å². The van der Waals surface area contributed by atoms with Crippen molar-refractivity contribution in [2.75, 3.05) is 19.7 Å². The van der Waals surface area contributed by atoms with Crippen molar-refractivity contribution in [3.63, 3.8) is 0 Å². The Labute approximate surface area is 151 Å². The van der Waals surface area contributed by atoms with Gasteiger partial charge in [0.2, 0.25) is 10.0 Å². The van der Waals surface area contributed by atoms with E-state index in [2.05, 4.69) is 21.2 Å². The SMILES string of the molecule is Cl.O=S(=O)(c1cc(Br)cc2c1OCC2)N1CCC2CCC(C1)N2. The van der Waals surface area contributed by atoms with Gasteiger partial charge in [0, 0.05) is 41.6 Å². The molecule has 8 heteroatoms. The molecule has 2 unspecified atom stereocenters. The lowest BCUT2D eigenvalue weighted by Crippen LogP contribution is -2.39. The molecule has 23 heavy (non-hydrogen) atoms. The van der Waals surface area contributed by atoms with Gasteiger partial charge in [-0.2, -0.15) is 4.31 Å². The van der Waals surface area contributed by atoms with Crippen molar-refractivity contribution in [1.29, 1.82) is 0 Å². The highest BCUT2D eigenvalue weighted by Crippen LogP contribution is 2.38. The van der Waals surface area contributed by atoms with Crippen LogP contribution in [0.4, 0.5) is 0 Å². The summed E-state index contributed by atoms with van der Waals surface area (Å²) in [5.41, 5.74) is 0.974. The predicted molar refractivity (Wildman–Crippen MR) is 93.9 cm³/mol. The van der Waals surface area contributed by atoms with Gasteiger partial charge in [-0.15, -0.1) is 12.4 Å². The molecule has 1 aromatic rings. The molecule has 0 aliphatic carbocycles. The Hall–Kier alpha value is -0.340. The highest BCUT2D eigenvalue weighted by atomic mass is 79.9. The Bertz CT molecular complexity index is 713. The molecule has 128 valence electrons. The summed E-state index contributed by atoms with van der Waals surface area (Å²) in [6.45, 7) is 1.69. The molecule has 2 bridgehead atoms. The van der Waals surface area contributed by atoms with Crippen LogP contribution in [0.1, 0.15) is 24.8 Å². The van der Waals surface area contributed by atoms with E-state index in [4.69, 9.17) is 4.74 Å². The average Bonchev–Trinajstić information content (AvgIpc) is 3.03. The predicted octanol–water partition coefficient (Wildman–Crippen LogP) is 2.32. The molecule has 2 fully saturated rings. The monoisotopic (exact) mass is 422 g/mol. The van der Waals surface area contributed by atoms with Gasteiger partial charge < -0.3 is 10.1 Å². The summed E-state index contributed by atoms with van der Waals surface area (Å²) in [5, 5.41) is 3.52. The minimum Gasteiger partial charge on any atom is -0.492 e. The Balaban J connectivity index is 0.00000156. The van der Waals surface area contributed by atoms with Gasteiger partial charge in [-0.25, -0.2) is 8.42 Å². The molecule has 1 aromatic carbocycles. The van der Waals surface area contributed by atoms with E-state index in [9.17, 15) is 8.42 Å². The van der Waals surface area contributed by atoms with E-state index < -0.39 is 10.0 Å². The quantitative estimate of drug-likeness (QED) is 0.793. The molecule has 2 atom stereocenters. The van der Waals surface area contributed by atoms with Crippen molar-refractivity contribution in [3.8, 4) is 5.75 Å². The van der Waals surface area contributed by atoms with Crippen molar-refractivity contribution in [3.05, 3.63) is 22.2 Å². The second-order valence-corrected chi connectivity index (χ2v) is 9.10. The Morgan fingerprint density at radius 3 is 2.83 bits per heavy atom. The van der Waals surface area contributed by atoms with E-state index in [0.717, 1.165) is 35.7 Å². The van der Waals surface area contributed by atoms with Crippen LogP contribution in [0.5, 0.6) is 5.75 Å². The first-order chi connectivity index (χ1) is 10.5. The van der Waals surface area contributed by atoms with Crippen LogP contribution in [-0.4, -0.2) is 44.5 Å². The van der Waals surface area contributed by atoms with Crippen LogP contribution in [0.15, 0.2) is 21.5 Å². The van der Waals surface area contributed by atoms with E-state index in [1.165, 1.54) is 0 Å². The zero-order valence-electron chi connectivity index (χ0n) is 12.6. The van der Waals surface area contributed by atoms with E-state index in [0.29, 0.717) is 36.4 Å². The van der Waals surface area contributed by atoms with Crippen LogP contribution >= 0.6 is 28.3 Å². The maximum absolute atomic E-state index is 13.1. The molecular weight excluding hydrogens is 404 g/mol. The van der Waals surface area contributed by atoms with Gasteiger partial charge in [-0.3, -0.25) is 0 Å². The zero-order chi connectivity index (χ0) is 15.3. The van der Waals surface area contributed by atoms with Gasteiger partial charge >= 0.3 is 0 Å². The fourth-order valence-corrected chi connectivity index (χ4v) is 6.05. The molecule has 3 aliphatic heterocycles. The fourth-order valence-electron chi connectivity index (χ4n) is 3.70. The summed E-state index contributed by atoms with van der Waals surface area (Å²) in [6, 6.07) is 4.38. The van der Waals surface area contributed by atoms with Crippen LogP contribution in [0, 0.1) is 0 Å². The summed E-state index contributed by atoms with van der Waals surface area (Å²) in [6.07, 6.45) is 3.87. The Kier molecular flexibility index (Phi) is 4.95. The standard InChI is InChI=1S/C15H19BrN2O3S.ClH/c16-11-7-10-4-6-21-15(10)14(8-11)22(19,20)18-5-3-12-1-2-13(9-18)17-12;/h7-8,12-13,17H,1-6,9H2;1H. The maximum atomic E-state index is 13.1. The molecule has 3 heterocycles. The molecule has 0 radical (unpaired) electrons. The van der Waals surface area contributed by atoms with Crippen molar-refractivity contribution in [2.45, 2.75) is 42.7 Å². The smallest absolute Gasteiger partial charge is 0.246 e. The summed E-state index contributed by atoms with van der Waals surface area (Å²) in [7, 11) is -3.52. The van der Waals surface area contributed by atoms with Crippen molar-refractivity contribution in [2.24, 2.45) is 0 Å². The van der Waals surface area contributed by atoms with Crippen LogP contribution in [-0.2, 0) is 16.4 Å². The van der Waals surface area contributed by atoms with Crippen molar-refractivity contribution < 1.29 is 13.2 Å². The van der Waals surface area contributed by atoms with Crippen molar-refractivity contribution >= 4 is 38.4 Å². The highest BCUT2D eigenvalue weighted by molar-refractivity contribution is 9.10. The molecule has 5 nitrogen and oxygen atoms in total. The van der Waals surface area contributed by atoms with Crippen LogP contribution in [0.25, 0.3) is 0 Å². The Morgan fingerprint density at radius 1 is 1.22 bits per heavy atom. The highest BCUT2D eigenvalue weighted by Gasteiger charge is 2.37. The molecule has 0 spiro atoms. The van der Waals surface area contributed by atoms with E-state index in [-0.39, 0.29) is 18.4 Å². The Morgan fingerprint density at radius 2 is 2.00 bits per heavy atom. The van der Waals surface area contributed by atoms with E-state index in [1.807, 2.05) is 6.07 Å². The first kappa shape index (κ1) is 17.5. The summed E-state index contributed by atoms with van der Waals surface area (Å²) in [4.78, 5) is 0.312. The van der Waals surface area contributed by atoms with Gasteiger partial charge in [0.25, 0.3) is 0 Å². The summed E-state index contributed by atoms with van der Waals surface area (Å²) < 4.78 is 34.3. The topological polar surface area (TPSA) is 58.6 Å². The molecule has 2 saturated heterocycles. The average molecular weight is 424 g/mol. The van der Waals surface area contributed by atoms with Gasteiger partial charge in [0.05, 0.1) is 6.61 Å². The number of benzene rings is 1. The van der Waals surface area contributed by atoms with E-state index >= 15 is 0 Å². The summed E-state index contributed by atoms with van der Waals surface area (Å²) >= 11 is 3.43. The molecular formula is C15H20BrClN2O3S. The number of hydrogen-bond donors (Lipinski definition) is 1. The molecule has 4 rings (SSSR count). The molecule has 0 amide bonds. The lowest BCUT2D eigenvalue weighted by molar-refractivity contribution is 0.343. The van der Waals surface area contributed by atoms with Crippen LogP contribution in [0.2, 0.25) is 0 Å². The molecule has 0 aromatic heterocycles. The number of rotatable bonds is 2. The van der Waals surface area contributed by atoms with Crippen LogP contribution in [0.3, 0.4) is 0 Å². The van der Waals surface area contributed by atoms with Gasteiger partial charge in [-0.05, 0) is 31.4 Å². The second-order valence-electron chi connectivity index (χ2n) is 6.28. The normalized spacial score (nSPS) is 27.0. The number of fused-ring (bicyclic) bond motifs is 3. The molecule has 1 N–H and O–H groups in total. The minimum atomic E-state index is -3.52. The largest absolute Gasteiger partial charge is 0.492 e. The molecule has 3 aliphatic rings. The second kappa shape index (κ2) is 6.52. The third-order valence-electron chi connectivity index (χ3n) is 4.82. The fraction of sp³-hybridized carbons (Fsp3) is 0.600. The zero-order valence-corrected chi connectivity index (χ0v) is 15.8. The number of nitrogens with one attached hydrogen (secondary N) is 1. The van der Waals surface area contributed by atoms with E-state index in [1.54, 1.807) is 10.4 Å². The number of halogens is 2. The number of nitrogens with zero attached hydrogens (tertiary/aromatic N) is 1. The number of hydrogen-bond acceptors (Lipinski definition) is 4. The van der Waals surface area contributed by atoms with Gasteiger partial charge in [0.15, 0.2) is 0 Å². The molecule has 0 saturated carbocycles. The van der Waals surface area contributed by atoms with Crippen molar-refractivity contribution in [1.82, 2.24) is 9.62 Å². The van der Waals surface area contributed by atoms with Gasteiger partial charge in [-0.1, -0.05) is 15.9 Å². The number of sulfonamides is 1. The minimum absolute atomic E-state index is 0. The lowest BCUT2D eigenvalue weighted by atomic mass is 10.1. The third-order valence-corrected chi connectivity index (χ3v) is 7.15. The number of ether oxygens (including phenoxy) is 1. The first-order valence-electron chi connectivity index (χ1n) is 7.75. The first-order valence-corrected chi connectivity index (χ1v) is 9.99. The summed E-state index contributed by atoms with van der Waals surface area (Å²) in [5.74, 6) is 0.547. The third kappa shape index (κ3) is 3.14. The van der Waals surface area contributed by atoms with Gasteiger partial charge in [0.1, 0.15) is 10.6 Å².